The monoisotopic (exact) mass is 224 g/mol. The molecule has 0 rings (SSSR count). The first-order valence-corrected chi connectivity index (χ1v) is 5.75. The van der Waals surface area contributed by atoms with Crippen LogP contribution < -0.4 is 11.1 Å². The van der Waals surface area contributed by atoms with Crippen LogP contribution in [0.15, 0.2) is 0 Å². The minimum atomic E-state index is -0.976. The van der Waals surface area contributed by atoms with E-state index in [0.717, 1.165) is 21.6 Å². The molecule has 0 amide bonds. The Kier molecular flexibility index (Phi) is 6.13. The lowest BCUT2D eigenvalue weighted by molar-refractivity contribution is -0.136. The highest BCUT2D eigenvalue weighted by Crippen LogP contribution is 2.28. The molecule has 0 spiro atoms. The van der Waals surface area contributed by atoms with E-state index in [1.54, 1.807) is 0 Å². The summed E-state index contributed by atoms with van der Waals surface area (Å²) in [6.45, 7) is 1.37. The Balaban J connectivity index is 3.85. The van der Waals surface area contributed by atoms with Gasteiger partial charge >= 0.3 is 5.97 Å². The first-order valence-electron chi connectivity index (χ1n) is 3.47. The molecule has 0 radical (unpaired) electrons. The average molecular weight is 224 g/mol. The predicted octanol–water partition coefficient (Wildman–Crippen LogP) is -0.128. The van der Waals surface area contributed by atoms with Crippen molar-refractivity contribution < 1.29 is 14.7 Å². The highest BCUT2D eigenvalue weighted by atomic mass is 33.1. The fourth-order valence-corrected chi connectivity index (χ4v) is 2.58. The maximum Gasteiger partial charge on any atom is 0.332 e. The summed E-state index contributed by atoms with van der Waals surface area (Å²) < 4.78 is 0. The lowest BCUT2D eigenvalue weighted by Crippen LogP contribution is -2.31. The Hall–Kier alpha value is -0.240. The second-order valence-electron chi connectivity index (χ2n) is 2.23. The summed E-state index contributed by atoms with van der Waals surface area (Å²) >= 11 is 0. The third kappa shape index (κ3) is 5.14. The lowest BCUT2D eigenvalue weighted by atomic mass is 10.5. The third-order valence-electron chi connectivity index (χ3n) is 1.14. The van der Waals surface area contributed by atoms with Crippen LogP contribution in [0.4, 0.5) is 0 Å². The molecule has 2 unspecified atom stereocenters. The van der Waals surface area contributed by atoms with Crippen molar-refractivity contribution in [3.8, 4) is 0 Å². The molecule has 0 aromatic rings. The summed E-state index contributed by atoms with van der Waals surface area (Å²) in [5.74, 6) is -1.14. The van der Waals surface area contributed by atoms with Gasteiger partial charge in [0.25, 0.3) is 0 Å². The summed E-state index contributed by atoms with van der Waals surface area (Å²) in [6, 6.07) is 0. The number of Topliss-reactive ketones (excluding diaryl/α,β-unsaturated/α-hetero) is 1. The zero-order valence-corrected chi connectivity index (χ0v) is 8.95. The van der Waals surface area contributed by atoms with Crippen molar-refractivity contribution in [2.45, 2.75) is 17.7 Å². The first kappa shape index (κ1) is 12.8. The molecule has 0 heterocycles. The Morgan fingerprint density at radius 2 is 2.00 bits per heavy atom. The molecule has 7 heteroatoms. The van der Waals surface area contributed by atoms with Gasteiger partial charge in [0.2, 0.25) is 0 Å². The van der Waals surface area contributed by atoms with E-state index in [1.807, 2.05) is 0 Å². The normalized spacial score (nSPS) is 15.0. The number of carboxylic acid groups (broad SMARTS) is 1. The van der Waals surface area contributed by atoms with Crippen molar-refractivity contribution in [2.75, 3.05) is 7.05 Å². The van der Waals surface area contributed by atoms with Crippen molar-refractivity contribution in [2.24, 2.45) is 5.73 Å². The Morgan fingerprint density at radius 3 is 2.31 bits per heavy atom. The van der Waals surface area contributed by atoms with Crippen molar-refractivity contribution in [1.29, 1.82) is 0 Å². The molecule has 0 aromatic heterocycles. The number of nitrogens with one attached hydrogen (secondary N) is 1. The van der Waals surface area contributed by atoms with Crippen molar-refractivity contribution in [3.05, 3.63) is 0 Å². The maximum absolute atomic E-state index is 10.7. The van der Waals surface area contributed by atoms with Crippen LogP contribution in [0.3, 0.4) is 0 Å². The van der Waals surface area contributed by atoms with Crippen molar-refractivity contribution in [1.82, 2.24) is 5.32 Å². The molecular weight excluding hydrogens is 212 g/mol. The molecule has 0 bridgehead atoms. The zero-order valence-electron chi connectivity index (χ0n) is 7.31. The van der Waals surface area contributed by atoms with Crippen molar-refractivity contribution >= 4 is 33.3 Å². The van der Waals surface area contributed by atoms with Gasteiger partial charge in [0.1, 0.15) is 5.37 Å². The number of hydrogen-bond acceptors (Lipinski definition) is 6. The number of likely N-dealkylation sites (N-methyl/N-ethyl adjacent to an activating group) is 1. The number of aliphatic carboxylic acids is 1. The van der Waals surface area contributed by atoms with Gasteiger partial charge in [-0.2, -0.15) is 0 Å². The Morgan fingerprint density at radius 1 is 1.46 bits per heavy atom. The summed E-state index contributed by atoms with van der Waals surface area (Å²) in [4.78, 5) is 21.2. The molecule has 76 valence electrons. The Bertz CT molecular complexity index is 200. The lowest BCUT2D eigenvalue weighted by Gasteiger charge is -2.11. The third-order valence-corrected chi connectivity index (χ3v) is 3.96. The molecular formula is C6H12N2O3S2. The van der Waals surface area contributed by atoms with E-state index < -0.39 is 16.7 Å². The smallest absolute Gasteiger partial charge is 0.332 e. The van der Waals surface area contributed by atoms with E-state index in [4.69, 9.17) is 10.8 Å². The summed E-state index contributed by atoms with van der Waals surface area (Å²) in [5, 5.41) is 9.77. The van der Waals surface area contributed by atoms with E-state index in [2.05, 4.69) is 5.32 Å². The van der Waals surface area contributed by atoms with Crippen LogP contribution in [0.25, 0.3) is 0 Å². The van der Waals surface area contributed by atoms with Crippen molar-refractivity contribution in [3.63, 3.8) is 0 Å². The van der Waals surface area contributed by atoms with E-state index in [1.165, 1.54) is 14.0 Å². The molecule has 0 aliphatic heterocycles. The van der Waals surface area contributed by atoms with Crippen LogP contribution in [0.2, 0.25) is 0 Å². The van der Waals surface area contributed by atoms with Gasteiger partial charge in [-0.3, -0.25) is 10.1 Å². The topological polar surface area (TPSA) is 92.4 Å². The second kappa shape index (κ2) is 6.25. The number of carbonyl (C=O) groups excluding carboxylic acids is 1. The molecule has 5 nitrogen and oxygen atoms in total. The van der Waals surface area contributed by atoms with Gasteiger partial charge in [0.05, 0.1) is 0 Å². The van der Waals surface area contributed by atoms with Crippen LogP contribution in [0.5, 0.6) is 0 Å². The minimum absolute atomic E-state index is 0.169. The number of carboxylic acids is 1. The predicted molar refractivity (Wildman–Crippen MR) is 54.3 cm³/mol. The average Bonchev–Trinajstić information content (AvgIpc) is 2.04. The quantitative estimate of drug-likeness (QED) is 0.427. The van der Waals surface area contributed by atoms with E-state index in [-0.39, 0.29) is 5.78 Å². The fraction of sp³-hybridized carbons (Fsp3) is 0.667. The zero-order chi connectivity index (χ0) is 10.4. The Labute approximate surface area is 84.2 Å². The van der Waals surface area contributed by atoms with E-state index in [9.17, 15) is 9.59 Å². The molecule has 0 aliphatic rings. The van der Waals surface area contributed by atoms with Gasteiger partial charge < -0.3 is 10.8 Å². The summed E-state index contributed by atoms with van der Waals surface area (Å²) in [7, 11) is 3.61. The molecule has 0 aliphatic carbocycles. The molecule has 0 aromatic carbocycles. The molecule has 0 saturated carbocycles. The summed E-state index contributed by atoms with van der Waals surface area (Å²) in [6.07, 6.45) is 0. The number of carbonyl (C=O) groups is 2. The largest absolute Gasteiger partial charge is 0.479 e. The highest BCUT2D eigenvalue weighted by molar-refractivity contribution is 8.77. The minimum Gasteiger partial charge on any atom is -0.479 e. The number of nitrogens with two attached hydrogens (primary N) is 1. The van der Waals surface area contributed by atoms with Crippen LogP contribution in [-0.4, -0.2) is 34.7 Å². The van der Waals surface area contributed by atoms with Gasteiger partial charge in [-0.25, -0.2) is 4.79 Å². The van der Waals surface area contributed by atoms with Crippen LogP contribution in [0, 0.1) is 0 Å². The van der Waals surface area contributed by atoms with Crippen LogP contribution in [-0.2, 0) is 9.59 Å². The number of hydrogen-bond donors (Lipinski definition) is 3. The van der Waals surface area contributed by atoms with E-state index >= 15 is 0 Å². The van der Waals surface area contributed by atoms with Gasteiger partial charge in [0.15, 0.2) is 11.2 Å². The van der Waals surface area contributed by atoms with Crippen LogP contribution >= 0.6 is 21.6 Å². The fourth-order valence-electron chi connectivity index (χ4n) is 0.396. The molecule has 2 atom stereocenters. The summed E-state index contributed by atoms with van der Waals surface area (Å²) in [5.41, 5.74) is 5.39. The highest BCUT2D eigenvalue weighted by Gasteiger charge is 2.18. The first-order chi connectivity index (χ1) is 5.99. The molecule has 4 N–H and O–H groups in total. The van der Waals surface area contributed by atoms with Crippen LogP contribution in [0.1, 0.15) is 6.92 Å². The van der Waals surface area contributed by atoms with Gasteiger partial charge in [0, 0.05) is 0 Å². The number of rotatable bonds is 6. The molecule has 13 heavy (non-hydrogen) atoms. The van der Waals surface area contributed by atoms with Gasteiger partial charge in [-0.1, -0.05) is 21.6 Å². The molecule has 0 fully saturated rings. The SMILES string of the molecule is CNC(SSC(N)C(C)=O)C(=O)O. The second-order valence-corrected chi connectivity index (χ2v) is 4.75. The van der Waals surface area contributed by atoms with Gasteiger partial charge in [-0.15, -0.1) is 0 Å². The van der Waals surface area contributed by atoms with E-state index in [0.29, 0.717) is 0 Å². The van der Waals surface area contributed by atoms with Gasteiger partial charge in [-0.05, 0) is 14.0 Å². The standard InChI is InChI=1S/C6H12N2O3S2/c1-3(9)4(7)12-13-5(8-2)6(10)11/h4-5,8H,7H2,1-2H3,(H,10,11). The maximum atomic E-state index is 10.7. The number of ketones is 1. The molecule has 0 saturated heterocycles.